The van der Waals surface area contributed by atoms with E-state index < -0.39 is 5.82 Å². The van der Waals surface area contributed by atoms with Gasteiger partial charge < -0.3 is 5.73 Å². The quantitative estimate of drug-likeness (QED) is 0.851. The van der Waals surface area contributed by atoms with Gasteiger partial charge in [0.05, 0.1) is 21.9 Å². The summed E-state index contributed by atoms with van der Waals surface area (Å²) >= 11 is 11.9. The SMILES string of the molecule is Nc1c(F)cncc1C=Nc1c(Cl)cccc1Cl. The van der Waals surface area contributed by atoms with Gasteiger partial charge in [-0.1, -0.05) is 29.3 Å². The molecule has 0 aliphatic rings. The number of aliphatic imine (C=N–C) groups is 1. The molecule has 0 atom stereocenters. The Hall–Kier alpha value is -1.65. The number of hydrogen-bond acceptors (Lipinski definition) is 3. The Labute approximate surface area is 113 Å². The molecule has 0 fully saturated rings. The molecule has 92 valence electrons. The third-order valence-electron chi connectivity index (χ3n) is 2.24. The van der Waals surface area contributed by atoms with Gasteiger partial charge in [0.2, 0.25) is 0 Å². The lowest BCUT2D eigenvalue weighted by molar-refractivity contribution is 0.626. The molecule has 0 radical (unpaired) electrons. The van der Waals surface area contributed by atoms with E-state index in [1.54, 1.807) is 18.2 Å². The van der Waals surface area contributed by atoms with Crippen molar-refractivity contribution < 1.29 is 4.39 Å². The standard InChI is InChI=1S/C12H8Cl2FN3/c13-8-2-1-3-9(14)12(8)18-5-7-4-17-6-10(15)11(7)16/h1-6H,(H2,16,17). The van der Waals surface area contributed by atoms with Crippen LogP contribution in [0.25, 0.3) is 0 Å². The van der Waals surface area contributed by atoms with Crippen LogP contribution in [0.3, 0.4) is 0 Å². The number of halogens is 3. The molecule has 0 saturated heterocycles. The van der Waals surface area contributed by atoms with Crippen molar-refractivity contribution in [2.24, 2.45) is 4.99 Å². The number of nitrogens with two attached hydrogens (primary N) is 1. The monoisotopic (exact) mass is 283 g/mol. The van der Waals surface area contributed by atoms with E-state index in [2.05, 4.69) is 9.98 Å². The van der Waals surface area contributed by atoms with Crippen LogP contribution in [0, 0.1) is 5.82 Å². The third kappa shape index (κ3) is 2.60. The molecule has 0 bridgehead atoms. The lowest BCUT2D eigenvalue weighted by Gasteiger charge is -2.02. The molecule has 2 rings (SSSR count). The predicted octanol–water partition coefficient (Wildman–Crippen LogP) is 3.86. The largest absolute Gasteiger partial charge is 0.396 e. The molecule has 6 heteroatoms. The van der Waals surface area contributed by atoms with Crippen LogP contribution in [0.1, 0.15) is 5.56 Å². The average molecular weight is 284 g/mol. The van der Waals surface area contributed by atoms with Crippen molar-refractivity contribution in [3.05, 3.63) is 52.0 Å². The van der Waals surface area contributed by atoms with Crippen LogP contribution in [0.4, 0.5) is 15.8 Å². The normalized spacial score (nSPS) is 11.1. The van der Waals surface area contributed by atoms with Crippen LogP contribution >= 0.6 is 23.2 Å². The number of benzene rings is 1. The molecule has 0 saturated carbocycles. The van der Waals surface area contributed by atoms with Gasteiger partial charge in [0.1, 0.15) is 5.69 Å². The van der Waals surface area contributed by atoms with Gasteiger partial charge in [-0.3, -0.25) is 9.98 Å². The topological polar surface area (TPSA) is 51.3 Å². The predicted molar refractivity (Wildman–Crippen MR) is 72.3 cm³/mol. The lowest BCUT2D eigenvalue weighted by atomic mass is 10.2. The van der Waals surface area contributed by atoms with Crippen molar-refractivity contribution in [1.29, 1.82) is 0 Å². The zero-order valence-electron chi connectivity index (χ0n) is 9.07. The molecule has 0 aliphatic heterocycles. The van der Waals surface area contributed by atoms with Crippen LogP contribution < -0.4 is 5.73 Å². The number of para-hydroxylation sites is 1. The highest BCUT2D eigenvalue weighted by atomic mass is 35.5. The van der Waals surface area contributed by atoms with Crippen molar-refractivity contribution in [3.63, 3.8) is 0 Å². The van der Waals surface area contributed by atoms with Crippen LogP contribution in [-0.2, 0) is 0 Å². The number of hydrogen-bond donors (Lipinski definition) is 1. The fourth-order valence-electron chi connectivity index (χ4n) is 1.31. The Morgan fingerprint density at radius 2 is 1.89 bits per heavy atom. The van der Waals surface area contributed by atoms with Crippen LogP contribution in [0.15, 0.2) is 35.6 Å². The molecule has 0 aliphatic carbocycles. The Morgan fingerprint density at radius 3 is 2.56 bits per heavy atom. The molecule has 0 amide bonds. The van der Waals surface area contributed by atoms with Gasteiger partial charge in [0.15, 0.2) is 5.82 Å². The molecule has 0 spiro atoms. The third-order valence-corrected chi connectivity index (χ3v) is 2.85. The molecule has 0 unspecified atom stereocenters. The number of nitrogen functional groups attached to an aromatic ring is 1. The van der Waals surface area contributed by atoms with E-state index in [1.807, 2.05) is 0 Å². The maximum Gasteiger partial charge on any atom is 0.164 e. The van der Waals surface area contributed by atoms with Crippen molar-refractivity contribution in [2.45, 2.75) is 0 Å². The highest BCUT2D eigenvalue weighted by Gasteiger charge is 2.05. The van der Waals surface area contributed by atoms with Gasteiger partial charge in [-0.2, -0.15) is 0 Å². The second-order valence-corrected chi connectivity index (χ2v) is 4.27. The fraction of sp³-hybridized carbons (Fsp3) is 0. The second-order valence-electron chi connectivity index (χ2n) is 3.45. The first-order valence-electron chi connectivity index (χ1n) is 4.96. The van der Waals surface area contributed by atoms with Crippen molar-refractivity contribution in [3.8, 4) is 0 Å². The van der Waals surface area contributed by atoms with E-state index in [-0.39, 0.29) is 5.69 Å². The van der Waals surface area contributed by atoms with E-state index >= 15 is 0 Å². The number of anilines is 1. The van der Waals surface area contributed by atoms with Crippen molar-refractivity contribution >= 4 is 40.8 Å². The Kier molecular flexibility index (Phi) is 3.79. The molecular formula is C12H8Cl2FN3. The minimum absolute atomic E-state index is 0.0167. The lowest BCUT2D eigenvalue weighted by Crippen LogP contribution is -1.98. The van der Waals surface area contributed by atoms with Crippen LogP contribution in [0.5, 0.6) is 0 Å². The Balaban J connectivity index is 2.39. The molecule has 2 aromatic rings. The minimum Gasteiger partial charge on any atom is -0.396 e. The van der Waals surface area contributed by atoms with Crippen molar-refractivity contribution in [2.75, 3.05) is 5.73 Å². The molecule has 3 nitrogen and oxygen atoms in total. The molecule has 1 aromatic carbocycles. The second kappa shape index (κ2) is 5.33. The summed E-state index contributed by atoms with van der Waals surface area (Å²) in [5.74, 6) is -0.593. The molecule has 2 N–H and O–H groups in total. The summed E-state index contributed by atoms with van der Waals surface area (Å²) in [6.45, 7) is 0. The summed E-state index contributed by atoms with van der Waals surface area (Å²) in [5.41, 5.74) is 6.31. The van der Waals surface area contributed by atoms with Crippen LogP contribution in [-0.4, -0.2) is 11.2 Å². The summed E-state index contributed by atoms with van der Waals surface area (Å²) in [7, 11) is 0. The fourth-order valence-corrected chi connectivity index (χ4v) is 1.80. The summed E-state index contributed by atoms with van der Waals surface area (Å²) in [6, 6.07) is 5.03. The van der Waals surface area contributed by atoms with Gasteiger partial charge in [0, 0.05) is 18.0 Å². The number of pyridine rings is 1. The molecule has 18 heavy (non-hydrogen) atoms. The van der Waals surface area contributed by atoms with Crippen molar-refractivity contribution in [1.82, 2.24) is 4.98 Å². The maximum atomic E-state index is 13.2. The van der Waals surface area contributed by atoms with E-state index in [9.17, 15) is 4.39 Å². The van der Waals surface area contributed by atoms with E-state index in [0.717, 1.165) is 6.20 Å². The van der Waals surface area contributed by atoms with E-state index in [4.69, 9.17) is 28.9 Å². The summed E-state index contributed by atoms with van der Waals surface area (Å²) in [4.78, 5) is 7.79. The first kappa shape index (κ1) is 12.8. The van der Waals surface area contributed by atoms with Gasteiger partial charge in [-0.05, 0) is 12.1 Å². The van der Waals surface area contributed by atoms with Gasteiger partial charge >= 0.3 is 0 Å². The maximum absolute atomic E-state index is 13.2. The summed E-state index contributed by atoms with van der Waals surface area (Å²) < 4.78 is 13.2. The Bertz CT molecular complexity index is 594. The average Bonchev–Trinajstić information content (AvgIpc) is 2.33. The molecule has 1 heterocycles. The zero-order chi connectivity index (χ0) is 13.1. The first-order chi connectivity index (χ1) is 8.59. The van der Waals surface area contributed by atoms with E-state index in [0.29, 0.717) is 21.3 Å². The highest BCUT2D eigenvalue weighted by Crippen LogP contribution is 2.32. The highest BCUT2D eigenvalue weighted by molar-refractivity contribution is 6.38. The minimum atomic E-state index is -0.593. The van der Waals surface area contributed by atoms with E-state index in [1.165, 1.54) is 12.4 Å². The van der Waals surface area contributed by atoms with Gasteiger partial charge in [-0.25, -0.2) is 4.39 Å². The smallest absolute Gasteiger partial charge is 0.164 e. The summed E-state index contributed by atoms with van der Waals surface area (Å²) in [5, 5.41) is 0.809. The molecular weight excluding hydrogens is 276 g/mol. The van der Waals surface area contributed by atoms with Gasteiger partial charge in [0.25, 0.3) is 0 Å². The van der Waals surface area contributed by atoms with Crippen LogP contribution in [0.2, 0.25) is 10.0 Å². The zero-order valence-corrected chi connectivity index (χ0v) is 10.6. The molecule has 1 aromatic heterocycles. The Morgan fingerprint density at radius 1 is 1.22 bits per heavy atom. The van der Waals surface area contributed by atoms with Gasteiger partial charge in [-0.15, -0.1) is 0 Å². The number of rotatable bonds is 2. The first-order valence-corrected chi connectivity index (χ1v) is 5.72. The summed E-state index contributed by atoms with van der Waals surface area (Å²) in [6.07, 6.45) is 3.82. The number of aromatic nitrogens is 1. The number of nitrogens with zero attached hydrogens (tertiary/aromatic N) is 2.